The summed E-state index contributed by atoms with van der Waals surface area (Å²) in [6.07, 6.45) is 3.65. The minimum Gasteiger partial charge on any atom is -0.444 e. The predicted octanol–water partition coefficient (Wildman–Crippen LogP) is 4.30. The van der Waals surface area contributed by atoms with Gasteiger partial charge in [-0.15, -0.1) is 0 Å². The monoisotopic (exact) mass is 394 g/mol. The van der Waals surface area contributed by atoms with Crippen molar-refractivity contribution < 1.29 is 14.3 Å². The van der Waals surface area contributed by atoms with E-state index in [0.717, 1.165) is 17.5 Å². The van der Waals surface area contributed by atoms with E-state index in [1.54, 1.807) is 17.1 Å². The van der Waals surface area contributed by atoms with Gasteiger partial charge in [0.2, 0.25) is 5.91 Å². The molecule has 0 atom stereocenters. The first-order valence-corrected chi connectivity index (χ1v) is 9.86. The summed E-state index contributed by atoms with van der Waals surface area (Å²) in [5, 5.41) is 2.72. The molecule has 0 aliphatic rings. The van der Waals surface area contributed by atoms with E-state index >= 15 is 0 Å². The highest BCUT2D eigenvalue weighted by atomic mass is 16.6. The summed E-state index contributed by atoms with van der Waals surface area (Å²) in [4.78, 5) is 26.3. The van der Waals surface area contributed by atoms with Crippen molar-refractivity contribution >= 4 is 18.1 Å². The highest BCUT2D eigenvalue weighted by molar-refractivity contribution is 5.91. The Labute approximate surface area is 173 Å². The quantitative estimate of drug-likeness (QED) is 0.679. The summed E-state index contributed by atoms with van der Waals surface area (Å²) in [5.74, 6) is -0.0872. The molecule has 154 valence electrons. The maximum atomic E-state index is 12.7. The van der Waals surface area contributed by atoms with Gasteiger partial charge in [0.25, 0.3) is 0 Å². The van der Waals surface area contributed by atoms with E-state index in [-0.39, 0.29) is 5.91 Å². The second-order valence-electron chi connectivity index (χ2n) is 7.73. The summed E-state index contributed by atoms with van der Waals surface area (Å²) < 4.78 is 5.25. The van der Waals surface area contributed by atoms with Gasteiger partial charge in [0.05, 0.1) is 0 Å². The number of benzene rings is 2. The number of carbonyl (C=O) groups excluding carboxylic acids is 2. The van der Waals surface area contributed by atoms with Gasteiger partial charge >= 0.3 is 6.09 Å². The van der Waals surface area contributed by atoms with Gasteiger partial charge < -0.3 is 15.0 Å². The van der Waals surface area contributed by atoms with E-state index in [1.165, 1.54) is 0 Å². The molecule has 0 fully saturated rings. The zero-order valence-electron chi connectivity index (χ0n) is 17.4. The van der Waals surface area contributed by atoms with Gasteiger partial charge in [-0.1, -0.05) is 60.7 Å². The molecular formula is C24H30N2O3. The number of hydrogen-bond donors (Lipinski definition) is 1. The van der Waals surface area contributed by atoms with Gasteiger partial charge in [0.15, 0.2) is 0 Å². The molecule has 5 heteroatoms. The fraction of sp³-hybridized carbons (Fsp3) is 0.333. The van der Waals surface area contributed by atoms with Crippen LogP contribution in [0.4, 0.5) is 4.79 Å². The second kappa shape index (κ2) is 11.1. The summed E-state index contributed by atoms with van der Waals surface area (Å²) in [7, 11) is 0. The van der Waals surface area contributed by atoms with E-state index in [4.69, 9.17) is 4.74 Å². The third-order valence-corrected chi connectivity index (χ3v) is 4.09. The molecule has 0 spiro atoms. The van der Waals surface area contributed by atoms with Crippen LogP contribution in [0.5, 0.6) is 0 Å². The first-order valence-electron chi connectivity index (χ1n) is 9.86. The van der Waals surface area contributed by atoms with Crippen molar-refractivity contribution in [1.82, 2.24) is 10.2 Å². The molecule has 0 aliphatic heterocycles. The van der Waals surface area contributed by atoms with Crippen LogP contribution in [-0.2, 0) is 16.0 Å². The molecule has 29 heavy (non-hydrogen) atoms. The lowest BCUT2D eigenvalue weighted by Gasteiger charge is -2.23. The Kier molecular flexibility index (Phi) is 8.46. The van der Waals surface area contributed by atoms with E-state index in [1.807, 2.05) is 81.4 Å². The third-order valence-electron chi connectivity index (χ3n) is 4.09. The highest BCUT2D eigenvalue weighted by Crippen LogP contribution is 2.07. The van der Waals surface area contributed by atoms with Gasteiger partial charge in [-0.2, -0.15) is 0 Å². The van der Waals surface area contributed by atoms with Crippen molar-refractivity contribution in [2.45, 2.75) is 32.8 Å². The van der Waals surface area contributed by atoms with Crippen LogP contribution in [0.1, 0.15) is 31.9 Å². The van der Waals surface area contributed by atoms with Crippen molar-refractivity contribution in [3.05, 3.63) is 77.9 Å². The molecule has 0 unspecified atom stereocenters. The topological polar surface area (TPSA) is 58.6 Å². The summed E-state index contributed by atoms with van der Waals surface area (Å²) in [6.45, 7) is 6.75. The Hall–Kier alpha value is -3.08. The van der Waals surface area contributed by atoms with Crippen LogP contribution in [0.3, 0.4) is 0 Å². The Morgan fingerprint density at radius 3 is 2.21 bits per heavy atom. The lowest BCUT2D eigenvalue weighted by Crippen LogP contribution is -2.40. The number of nitrogens with zero attached hydrogens (tertiary/aromatic N) is 1. The standard InChI is InChI=1S/C24H30N2O3/c1-24(2,3)29-23(28)25-17-19-26(18-16-21-12-8-5-9-13-21)22(27)15-14-20-10-6-4-7-11-20/h4-15H,16-19H2,1-3H3,(H,25,28)/b15-14+. The highest BCUT2D eigenvalue weighted by Gasteiger charge is 2.16. The van der Waals surface area contributed by atoms with Crippen molar-refractivity contribution in [3.8, 4) is 0 Å². The fourth-order valence-corrected chi connectivity index (χ4v) is 2.69. The lowest BCUT2D eigenvalue weighted by atomic mass is 10.1. The van der Waals surface area contributed by atoms with Gasteiger partial charge in [-0.3, -0.25) is 4.79 Å². The number of ether oxygens (including phenoxy) is 1. The maximum Gasteiger partial charge on any atom is 0.407 e. The average molecular weight is 395 g/mol. The average Bonchev–Trinajstić information content (AvgIpc) is 2.69. The SMILES string of the molecule is CC(C)(C)OC(=O)NCCN(CCc1ccccc1)C(=O)/C=C/c1ccccc1. The minimum atomic E-state index is -0.550. The minimum absolute atomic E-state index is 0.0872. The predicted molar refractivity (Wildman–Crippen MR) is 116 cm³/mol. The van der Waals surface area contributed by atoms with E-state index in [0.29, 0.717) is 19.6 Å². The Morgan fingerprint density at radius 2 is 1.59 bits per heavy atom. The first kappa shape index (κ1) is 22.2. The van der Waals surface area contributed by atoms with Crippen molar-refractivity contribution in [2.75, 3.05) is 19.6 Å². The van der Waals surface area contributed by atoms with Crippen LogP contribution in [0, 0.1) is 0 Å². The van der Waals surface area contributed by atoms with Gasteiger partial charge in [-0.05, 0) is 44.4 Å². The number of amides is 2. The smallest absolute Gasteiger partial charge is 0.407 e. The van der Waals surface area contributed by atoms with Crippen LogP contribution in [0.2, 0.25) is 0 Å². The zero-order valence-corrected chi connectivity index (χ0v) is 17.4. The molecule has 2 aromatic carbocycles. The molecule has 0 bridgehead atoms. The lowest BCUT2D eigenvalue weighted by molar-refractivity contribution is -0.125. The Morgan fingerprint density at radius 1 is 0.966 bits per heavy atom. The zero-order chi connectivity index (χ0) is 21.1. The maximum absolute atomic E-state index is 12.7. The largest absolute Gasteiger partial charge is 0.444 e. The number of alkyl carbamates (subject to hydrolysis) is 1. The molecular weight excluding hydrogens is 364 g/mol. The fourth-order valence-electron chi connectivity index (χ4n) is 2.69. The van der Waals surface area contributed by atoms with Crippen LogP contribution in [0.15, 0.2) is 66.7 Å². The summed E-state index contributed by atoms with van der Waals surface area (Å²) >= 11 is 0. The number of rotatable bonds is 8. The molecule has 0 saturated heterocycles. The molecule has 0 saturated carbocycles. The first-order chi connectivity index (χ1) is 13.8. The third kappa shape index (κ3) is 9.10. The van der Waals surface area contributed by atoms with Crippen molar-refractivity contribution in [2.24, 2.45) is 0 Å². The van der Waals surface area contributed by atoms with E-state index in [9.17, 15) is 9.59 Å². The van der Waals surface area contributed by atoms with Crippen LogP contribution >= 0.6 is 0 Å². The molecule has 2 aromatic rings. The molecule has 5 nitrogen and oxygen atoms in total. The number of carbonyl (C=O) groups is 2. The summed E-state index contributed by atoms with van der Waals surface area (Å²) in [5.41, 5.74) is 1.58. The molecule has 0 heterocycles. The normalized spacial score (nSPS) is 11.3. The van der Waals surface area contributed by atoms with Crippen LogP contribution in [0.25, 0.3) is 6.08 Å². The van der Waals surface area contributed by atoms with Crippen molar-refractivity contribution in [1.29, 1.82) is 0 Å². The van der Waals surface area contributed by atoms with Gasteiger partial charge in [-0.25, -0.2) is 4.79 Å². The van der Waals surface area contributed by atoms with E-state index in [2.05, 4.69) is 5.32 Å². The number of nitrogens with one attached hydrogen (secondary N) is 1. The second-order valence-corrected chi connectivity index (χ2v) is 7.73. The van der Waals surface area contributed by atoms with Crippen molar-refractivity contribution in [3.63, 3.8) is 0 Å². The Bertz CT molecular complexity index is 796. The number of hydrogen-bond acceptors (Lipinski definition) is 3. The molecule has 2 rings (SSSR count). The summed E-state index contributed by atoms with van der Waals surface area (Å²) in [6, 6.07) is 19.7. The van der Waals surface area contributed by atoms with Gasteiger partial charge in [0, 0.05) is 25.7 Å². The molecule has 2 amide bonds. The van der Waals surface area contributed by atoms with Crippen LogP contribution in [-0.4, -0.2) is 42.1 Å². The molecule has 1 N–H and O–H groups in total. The van der Waals surface area contributed by atoms with E-state index < -0.39 is 11.7 Å². The Balaban J connectivity index is 1.95. The molecule has 0 aliphatic carbocycles. The molecule has 0 radical (unpaired) electrons. The molecule has 0 aromatic heterocycles. The van der Waals surface area contributed by atoms with Gasteiger partial charge in [0.1, 0.15) is 5.60 Å². The van der Waals surface area contributed by atoms with Crippen LogP contribution < -0.4 is 5.32 Å².